The molecule has 0 fully saturated rings. The van der Waals surface area contributed by atoms with Crippen LogP contribution in [0.25, 0.3) is 0 Å². The summed E-state index contributed by atoms with van der Waals surface area (Å²) in [7, 11) is -3.64. The molecule has 0 aliphatic rings. The molecule has 158 valence electrons. The van der Waals surface area contributed by atoms with Crippen molar-refractivity contribution in [2.75, 3.05) is 25.1 Å². The van der Waals surface area contributed by atoms with Crippen molar-refractivity contribution in [2.45, 2.75) is 31.6 Å². The maximum Gasteiger partial charge on any atom is 0.262 e. The average molecular weight is 441 g/mol. The Hall–Kier alpha value is -2.29. The van der Waals surface area contributed by atoms with Crippen LogP contribution in [-0.2, 0) is 14.8 Å². The van der Waals surface area contributed by atoms with E-state index < -0.39 is 15.9 Å². The molecular formula is C20H25ClN2O5S. The Morgan fingerprint density at radius 1 is 1.07 bits per heavy atom. The van der Waals surface area contributed by atoms with Gasteiger partial charge in [0.1, 0.15) is 11.5 Å². The van der Waals surface area contributed by atoms with Crippen LogP contribution in [0.2, 0.25) is 5.02 Å². The van der Waals surface area contributed by atoms with Gasteiger partial charge in [0.2, 0.25) is 10.0 Å². The summed E-state index contributed by atoms with van der Waals surface area (Å²) in [5.41, 5.74) is 0.536. The number of nitrogens with one attached hydrogen (secondary N) is 2. The van der Waals surface area contributed by atoms with E-state index in [1.54, 1.807) is 18.2 Å². The van der Waals surface area contributed by atoms with Gasteiger partial charge in [0.25, 0.3) is 5.91 Å². The molecule has 7 nitrogen and oxygen atoms in total. The van der Waals surface area contributed by atoms with Gasteiger partial charge in [-0.15, -0.1) is 0 Å². The molecule has 2 rings (SSSR count). The first-order chi connectivity index (χ1) is 13.9. The zero-order valence-corrected chi connectivity index (χ0v) is 18.0. The quantitative estimate of drug-likeness (QED) is 0.518. The Kier molecular flexibility index (Phi) is 8.75. The number of sulfonamides is 1. The van der Waals surface area contributed by atoms with Crippen LogP contribution in [0.4, 0.5) is 5.69 Å². The first-order valence-corrected chi connectivity index (χ1v) is 11.2. The number of benzene rings is 2. The Bertz CT molecular complexity index is 934. The molecule has 0 heterocycles. The molecule has 0 aliphatic carbocycles. The predicted molar refractivity (Wildman–Crippen MR) is 113 cm³/mol. The number of hydrogen-bond donors (Lipinski definition) is 2. The highest BCUT2D eigenvalue weighted by atomic mass is 35.5. The van der Waals surface area contributed by atoms with Gasteiger partial charge in [0.15, 0.2) is 6.61 Å². The summed E-state index contributed by atoms with van der Waals surface area (Å²) < 4.78 is 37.9. The van der Waals surface area contributed by atoms with Crippen LogP contribution in [0.1, 0.15) is 26.7 Å². The first-order valence-electron chi connectivity index (χ1n) is 9.31. The monoisotopic (exact) mass is 440 g/mol. The minimum absolute atomic E-state index is 0.0426. The van der Waals surface area contributed by atoms with Gasteiger partial charge in [-0.05, 0) is 43.7 Å². The van der Waals surface area contributed by atoms with Crippen LogP contribution < -0.4 is 19.5 Å². The highest BCUT2D eigenvalue weighted by molar-refractivity contribution is 7.89. The Labute approximate surface area is 176 Å². The maximum absolute atomic E-state index is 12.2. The molecule has 0 atom stereocenters. The second-order valence-electron chi connectivity index (χ2n) is 6.11. The topological polar surface area (TPSA) is 93.7 Å². The minimum Gasteiger partial charge on any atom is -0.492 e. The highest BCUT2D eigenvalue weighted by Crippen LogP contribution is 2.28. The maximum atomic E-state index is 12.2. The van der Waals surface area contributed by atoms with Crippen molar-refractivity contribution in [3.8, 4) is 11.5 Å². The van der Waals surface area contributed by atoms with Gasteiger partial charge in [-0.25, -0.2) is 13.1 Å². The van der Waals surface area contributed by atoms with E-state index in [2.05, 4.69) is 10.0 Å². The van der Waals surface area contributed by atoms with Crippen molar-refractivity contribution in [3.05, 3.63) is 47.5 Å². The van der Waals surface area contributed by atoms with E-state index in [9.17, 15) is 13.2 Å². The number of carbonyl (C=O) groups is 1. The number of para-hydroxylation sites is 2. The highest BCUT2D eigenvalue weighted by Gasteiger charge is 2.16. The third kappa shape index (κ3) is 6.92. The van der Waals surface area contributed by atoms with E-state index >= 15 is 0 Å². The molecule has 29 heavy (non-hydrogen) atoms. The van der Waals surface area contributed by atoms with E-state index in [0.717, 1.165) is 12.8 Å². The van der Waals surface area contributed by atoms with E-state index in [0.29, 0.717) is 24.6 Å². The zero-order chi connectivity index (χ0) is 21.3. The van der Waals surface area contributed by atoms with Crippen LogP contribution in [-0.4, -0.2) is 34.1 Å². The summed E-state index contributed by atoms with van der Waals surface area (Å²) in [5, 5.41) is 2.81. The number of rotatable bonds is 11. The fraction of sp³-hybridized carbons (Fsp3) is 0.350. The van der Waals surface area contributed by atoms with E-state index in [4.69, 9.17) is 21.1 Å². The first kappa shape index (κ1) is 23.0. The lowest BCUT2D eigenvalue weighted by molar-refractivity contribution is -0.118. The van der Waals surface area contributed by atoms with E-state index in [-0.39, 0.29) is 22.3 Å². The smallest absolute Gasteiger partial charge is 0.262 e. The van der Waals surface area contributed by atoms with Gasteiger partial charge in [-0.1, -0.05) is 37.1 Å². The lowest BCUT2D eigenvalue weighted by atomic mass is 10.3. The number of unbranched alkanes of at least 4 members (excludes halogenated alkanes) is 1. The van der Waals surface area contributed by atoms with Crippen LogP contribution in [0.3, 0.4) is 0 Å². The molecule has 1 amide bonds. The predicted octanol–water partition coefficient (Wildman–Crippen LogP) is 3.83. The Morgan fingerprint density at radius 3 is 2.52 bits per heavy atom. The van der Waals surface area contributed by atoms with Gasteiger partial charge in [-0.3, -0.25) is 4.79 Å². The summed E-state index contributed by atoms with van der Waals surface area (Å²) in [6, 6.07) is 11.2. The Morgan fingerprint density at radius 2 is 1.83 bits per heavy atom. The van der Waals surface area contributed by atoms with Crippen molar-refractivity contribution < 1.29 is 22.7 Å². The molecule has 0 unspecified atom stereocenters. The second-order valence-corrected chi connectivity index (χ2v) is 8.28. The van der Waals surface area contributed by atoms with Crippen LogP contribution in [0, 0.1) is 0 Å². The number of hydrogen-bond acceptors (Lipinski definition) is 5. The molecule has 0 saturated heterocycles. The molecule has 0 aliphatic heterocycles. The summed E-state index contributed by atoms with van der Waals surface area (Å²) >= 11 is 6.14. The molecule has 0 saturated carbocycles. The van der Waals surface area contributed by atoms with Crippen molar-refractivity contribution in [2.24, 2.45) is 0 Å². The standard InChI is InChI=1S/C20H25ClN2O5S/c1-3-5-12-22-29(25,26)15-10-11-18(16(21)13-15)28-14-20(24)23-17-8-6-7-9-19(17)27-4-2/h6-11,13,22H,3-5,12,14H2,1-2H3,(H,23,24). The summed E-state index contributed by atoms with van der Waals surface area (Å²) in [6.45, 7) is 4.37. The third-order valence-electron chi connectivity index (χ3n) is 3.86. The van der Waals surface area contributed by atoms with Crippen molar-refractivity contribution in [1.82, 2.24) is 4.72 Å². The average Bonchev–Trinajstić information content (AvgIpc) is 2.69. The fourth-order valence-corrected chi connectivity index (χ4v) is 3.81. The molecular weight excluding hydrogens is 416 g/mol. The lowest BCUT2D eigenvalue weighted by Gasteiger charge is -2.13. The fourth-order valence-electron chi connectivity index (χ4n) is 2.41. The summed E-state index contributed by atoms with van der Waals surface area (Å²) in [5.74, 6) is 0.380. The molecule has 9 heteroatoms. The summed E-state index contributed by atoms with van der Waals surface area (Å²) in [6.07, 6.45) is 1.63. The van der Waals surface area contributed by atoms with Crippen LogP contribution >= 0.6 is 11.6 Å². The normalized spacial score (nSPS) is 11.1. The zero-order valence-electron chi connectivity index (χ0n) is 16.4. The number of carbonyl (C=O) groups excluding carboxylic acids is 1. The molecule has 0 spiro atoms. The number of anilines is 1. The van der Waals surface area contributed by atoms with Crippen molar-refractivity contribution in [1.29, 1.82) is 0 Å². The molecule has 2 N–H and O–H groups in total. The second kappa shape index (κ2) is 11.0. The van der Waals surface area contributed by atoms with Crippen LogP contribution in [0.15, 0.2) is 47.4 Å². The van der Waals surface area contributed by atoms with Crippen molar-refractivity contribution >= 4 is 33.2 Å². The lowest BCUT2D eigenvalue weighted by Crippen LogP contribution is -2.24. The molecule has 0 aromatic heterocycles. The number of ether oxygens (including phenoxy) is 2. The van der Waals surface area contributed by atoms with Gasteiger partial charge in [-0.2, -0.15) is 0 Å². The Balaban J connectivity index is 1.98. The van der Waals surface area contributed by atoms with Gasteiger partial charge >= 0.3 is 0 Å². The summed E-state index contributed by atoms with van der Waals surface area (Å²) in [4.78, 5) is 12.2. The largest absolute Gasteiger partial charge is 0.492 e. The SMILES string of the molecule is CCCCNS(=O)(=O)c1ccc(OCC(=O)Nc2ccccc2OCC)c(Cl)c1. The molecule has 0 radical (unpaired) electrons. The third-order valence-corrected chi connectivity index (χ3v) is 5.61. The van der Waals surface area contributed by atoms with Gasteiger partial charge in [0.05, 0.1) is 22.2 Å². The van der Waals surface area contributed by atoms with Crippen molar-refractivity contribution in [3.63, 3.8) is 0 Å². The number of halogens is 1. The van der Waals surface area contributed by atoms with E-state index in [1.807, 2.05) is 19.9 Å². The number of amides is 1. The van der Waals surface area contributed by atoms with Gasteiger partial charge < -0.3 is 14.8 Å². The van der Waals surface area contributed by atoms with E-state index in [1.165, 1.54) is 18.2 Å². The van der Waals surface area contributed by atoms with Crippen LogP contribution in [0.5, 0.6) is 11.5 Å². The minimum atomic E-state index is -3.64. The van der Waals surface area contributed by atoms with Gasteiger partial charge in [0, 0.05) is 6.54 Å². The molecule has 2 aromatic rings. The molecule has 2 aromatic carbocycles. The molecule has 0 bridgehead atoms.